The van der Waals surface area contributed by atoms with Crippen LogP contribution in [0.25, 0.3) is 0 Å². The van der Waals surface area contributed by atoms with Crippen molar-refractivity contribution in [1.29, 1.82) is 5.41 Å². The van der Waals surface area contributed by atoms with E-state index >= 15 is 0 Å². The van der Waals surface area contributed by atoms with Crippen molar-refractivity contribution in [2.24, 2.45) is 0 Å². The van der Waals surface area contributed by atoms with E-state index in [0.717, 1.165) is 6.54 Å². The second-order valence-corrected chi connectivity index (χ2v) is 1.89. The third-order valence-electron chi connectivity index (χ3n) is 0.537. The molecule has 0 aromatic heterocycles. The van der Waals surface area contributed by atoms with Gasteiger partial charge in [-0.3, -0.25) is 0 Å². The topological polar surface area (TPSA) is 35.9 Å². The average molecular weight is 132 g/mol. The molecule has 0 unspecified atom stereocenters. The zero-order valence-corrected chi connectivity index (χ0v) is 5.66. The Bertz CT molecular complexity index is 85.0. The van der Waals surface area contributed by atoms with E-state index < -0.39 is 0 Å². The largest absolute Gasteiger partial charge is 0.391 e. The SMILES string of the molecule is CCN/C=C/SC=N.[HH]. The summed E-state index contributed by atoms with van der Waals surface area (Å²) < 4.78 is 0. The average Bonchev–Trinajstić information content (AvgIpc) is 1.81. The quantitative estimate of drug-likeness (QED) is 0.450. The first-order valence-corrected chi connectivity index (χ1v) is 3.39. The van der Waals surface area contributed by atoms with E-state index in [9.17, 15) is 0 Å². The summed E-state index contributed by atoms with van der Waals surface area (Å²) in [6, 6.07) is 0. The molecule has 48 valence electrons. The van der Waals surface area contributed by atoms with Crippen LogP contribution in [0.5, 0.6) is 0 Å². The van der Waals surface area contributed by atoms with Crippen LogP contribution in [-0.2, 0) is 0 Å². The first-order chi connectivity index (χ1) is 3.91. The molecule has 0 rings (SSSR count). The van der Waals surface area contributed by atoms with Gasteiger partial charge in [0.05, 0.1) is 5.55 Å². The van der Waals surface area contributed by atoms with Crippen LogP contribution in [0, 0.1) is 5.41 Å². The van der Waals surface area contributed by atoms with Crippen molar-refractivity contribution < 1.29 is 1.43 Å². The van der Waals surface area contributed by atoms with Gasteiger partial charge >= 0.3 is 0 Å². The Kier molecular flexibility index (Phi) is 6.20. The summed E-state index contributed by atoms with van der Waals surface area (Å²) in [6.45, 7) is 2.97. The maximum atomic E-state index is 6.60. The summed E-state index contributed by atoms with van der Waals surface area (Å²) in [5.41, 5.74) is 1.29. The third kappa shape index (κ3) is 5.56. The molecule has 8 heavy (non-hydrogen) atoms. The van der Waals surface area contributed by atoms with E-state index in [2.05, 4.69) is 5.32 Å². The molecule has 0 atom stereocenters. The van der Waals surface area contributed by atoms with Gasteiger partial charge in [0.15, 0.2) is 0 Å². The van der Waals surface area contributed by atoms with E-state index in [-0.39, 0.29) is 1.43 Å². The third-order valence-corrected chi connectivity index (χ3v) is 0.966. The maximum absolute atomic E-state index is 6.60. The molecule has 0 saturated heterocycles. The normalized spacial score (nSPS) is 9.62. The summed E-state index contributed by atoms with van der Waals surface area (Å²) in [4.78, 5) is 0. The molecule has 0 radical (unpaired) electrons. The molecule has 0 amide bonds. The Labute approximate surface area is 55.4 Å². The highest BCUT2D eigenvalue weighted by Gasteiger charge is 1.66. The molecule has 0 spiro atoms. The number of hydrogen-bond donors (Lipinski definition) is 2. The summed E-state index contributed by atoms with van der Waals surface area (Å²) >= 11 is 1.35. The molecular weight excluding hydrogens is 120 g/mol. The molecule has 2 nitrogen and oxygen atoms in total. The van der Waals surface area contributed by atoms with Crippen molar-refractivity contribution in [2.75, 3.05) is 6.54 Å². The van der Waals surface area contributed by atoms with Crippen molar-refractivity contribution >= 4 is 17.3 Å². The lowest BCUT2D eigenvalue weighted by molar-refractivity contribution is 0.921. The molecule has 3 heteroatoms. The highest BCUT2D eigenvalue weighted by Crippen LogP contribution is 1.91. The Morgan fingerprint density at radius 2 is 2.62 bits per heavy atom. The van der Waals surface area contributed by atoms with Gasteiger partial charge in [0.2, 0.25) is 0 Å². The van der Waals surface area contributed by atoms with Crippen LogP contribution >= 0.6 is 11.8 Å². The highest BCUT2D eigenvalue weighted by molar-refractivity contribution is 8.14. The van der Waals surface area contributed by atoms with E-state index in [4.69, 9.17) is 5.41 Å². The van der Waals surface area contributed by atoms with Gasteiger partial charge in [0, 0.05) is 14.2 Å². The van der Waals surface area contributed by atoms with E-state index in [1.54, 1.807) is 0 Å². The Balaban J connectivity index is 0. The van der Waals surface area contributed by atoms with Crippen LogP contribution in [0.2, 0.25) is 0 Å². The molecule has 0 aliphatic heterocycles. The lowest BCUT2D eigenvalue weighted by atomic mass is 10.7. The minimum atomic E-state index is 0. The van der Waals surface area contributed by atoms with Gasteiger partial charge in [0.1, 0.15) is 0 Å². The van der Waals surface area contributed by atoms with E-state index in [1.807, 2.05) is 18.5 Å². The van der Waals surface area contributed by atoms with Gasteiger partial charge in [-0.15, -0.1) is 0 Å². The minimum absolute atomic E-state index is 0. The molecule has 0 saturated carbocycles. The monoisotopic (exact) mass is 132 g/mol. The van der Waals surface area contributed by atoms with Gasteiger partial charge in [-0.05, 0) is 12.3 Å². The fourth-order valence-corrected chi connectivity index (χ4v) is 0.498. The molecule has 0 fully saturated rings. The van der Waals surface area contributed by atoms with Crippen LogP contribution in [0.15, 0.2) is 11.6 Å². The lowest BCUT2D eigenvalue weighted by Crippen LogP contribution is -2.00. The zero-order valence-electron chi connectivity index (χ0n) is 4.85. The lowest BCUT2D eigenvalue weighted by Gasteiger charge is -1.87. The molecule has 0 bridgehead atoms. The molecule has 0 aliphatic rings. The van der Waals surface area contributed by atoms with Gasteiger partial charge in [-0.1, -0.05) is 11.8 Å². The smallest absolute Gasteiger partial charge is 0.0549 e. The molecule has 2 N–H and O–H groups in total. The molecule has 0 heterocycles. The van der Waals surface area contributed by atoms with Gasteiger partial charge in [0.25, 0.3) is 0 Å². The molecule has 0 aromatic carbocycles. The highest BCUT2D eigenvalue weighted by atomic mass is 32.2. The predicted molar refractivity (Wildman–Crippen MR) is 41.3 cm³/mol. The second-order valence-electron chi connectivity index (χ2n) is 1.11. The van der Waals surface area contributed by atoms with Crippen LogP contribution < -0.4 is 5.32 Å². The summed E-state index contributed by atoms with van der Waals surface area (Å²) in [7, 11) is 0. The van der Waals surface area contributed by atoms with Gasteiger partial charge in [-0.25, -0.2) is 0 Å². The Morgan fingerprint density at radius 1 is 1.88 bits per heavy atom. The fourth-order valence-electron chi connectivity index (χ4n) is 0.245. The number of hydrogen-bond acceptors (Lipinski definition) is 3. The predicted octanol–water partition coefficient (Wildman–Crippen LogP) is 1.65. The molecular formula is C5H12N2S. The van der Waals surface area contributed by atoms with E-state index in [0.29, 0.717) is 0 Å². The van der Waals surface area contributed by atoms with Crippen LogP contribution in [0.3, 0.4) is 0 Å². The van der Waals surface area contributed by atoms with Crippen molar-refractivity contribution in [3.63, 3.8) is 0 Å². The summed E-state index contributed by atoms with van der Waals surface area (Å²) in [5, 5.41) is 11.4. The number of thioether (sulfide) groups is 1. The van der Waals surface area contributed by atoms with Crippen molar-refractivity contribution in [2.45, 2.75) is 6.92 Å². The van der Waals surface area contributed by atoms with Gasteiger partial charge in [-0.2, -0.15) is 0 Å². The minimum Gasteiger partial charge on any atom is -0.391 e. The van der Waals surface area contributed by atoms with Crippen LogP contribution in [0.1, 0.15) is 8.35 Å². The summed E-state index contributed by atoms with van der Waals surface area (Å²) in [5.74, 6) is 0. The Hall–Kier alpha value is -0.440. The summed E-state index contributed by atoms with van der Waals surface area (Å²) in [6.07, 6.45) is 1.83. The number of rotatable bonds is 4. The maximum Gasteiger partial charge on any atom is 0.0549 e. The van der Waals surface area contributed by atoms with Crippen molar-refractivity contribution in [3.05, 3.63) is 11.6 Å². The first kappa shape index (κ1) is 7.56. The van der Waals surface area contributed by atoms with E-state index in [1.165, 1.54) is 17.3 Å². The molecule has 0 aromatic rings. The van der Waals surface area contributed by atoms with Crippen LogP contribution in [0.4, 0.5) is 0 Å². The molecule has 0 aliphatic carbocycles. The zero-order chi connectivity index (χ0) is 6.24. The fraction of sp³-hybridized carbons (Fsp3) is 0.400. The van der Waals surface area contributed by atoms with Crippen molar-refractivity contribution in [3.8, 4) is 0 Å². The van der Waals surface area contributed by atoms with Crippen LogP contribution in [-0.4, -0.2) is 12.1 Å². The Morgan fingerprint density at radius 3 is 3.12 bits per heavy atom. The standard InChI is InChI=1S/C5H10N2S.H2/c1-2-7-3-4-8-5-6;/h3-7H,2H2,1H3;1H/b4-3+,6-5?;. The first-order valence-electron chi connectivity index (χ1n) is 2.44. The second kappa shape index (κ2) is 6.56. The van der Waals surface area contributed by atoms with Crippen molar-refractivity contribution in [1.82, 2.24) is 5.32 Å². The van der Waals surface area contributed by atoms with Gasteiger partial charge < -0.3 is 10.7 Å². The number of nitrogens with one attached hydrogen (secondary N) is 2.